The van der Waals surface area contributed by atoms with Crippen molar-refractivity contribution in [2.24, 2.45) is 5.16 Å². The fourth-order valence-electron chi connectivity index (χ4n) is 4.97. The molecule has 1 aromatic heterocycles. The van der Waals surface area contributed by atoms with Gasteiger partial charge in [0.25, 0.3) is 0 Å². The minimum absolute atomic E-state index is 0.00298. The second kappa shape index (κ2) is 9.56. The van der Waals surface area contributed by atoms with Crippen LogP contribution in [-0.4, -0.2) is 31.5 Å². The lowest BCUT2D eigenvalue weighted by atomic mass is 9.94. The fraction of sp³-hybridized carbons (Fsp3) is 0.161. The van der Waals surface area contributed by atoms with Crippen molar-refractivity contribution in [2.75, 3.05) is 0 Å². The number of aromatic hydroxyl groups is 1. The van der Waals surface area contributed by atoms with Gasteiger partial charge in [0.05, 0.1) is 0 Å². The van der Waals surface area contributed by atoms with Crippen LogP contribution in [0.25, 0.3) is 21.8 Å². The number of aliphatic hydroxyl groups is 1. The number of fused-ring (bicyclic) bond motifs is 3. The molecule has 0 radical (unpaired) electrons. The van der Waals surface area contributed by atoms with E-state index in [-0.39, 0.29) is 17.2 Å². The molecule has 0 fully saturated rings. The van der Waals surface area contributed by atoms with E-state index in [0.717, 1.165) is 39.5 Å². The normalized spacial score (nSPS) is 12.8. The van der Waals surface area contributed by atoms with Crippen molar-refractivity contribution in [1.29, 1.82) is 0 Å². The highest BCUT2D eigenvalue weighted by molar-refractivity contribution is 6.51. The Hall–Kier alpha value is -4.42. The smallest absolute Gasteiger partial charge is 0.215 e. The Morgan fingerprint density at radius 3 is 2.19 bits per heavy atom. The van der Waals surface area contributed by atoms with Gasteiger partial charge in [0.2, 0.25) is 5.78 Å². The molecule has 0 saturated carbocycles. The number of Topliss-reactive ketones (excluding diaryl/α,β-unsaturated/α-hetero) is 1. The molecule has 5 aromatic rings. The molecule has 5 rings (SSSR count). The molecule has 0 aliphatic rings. The minimum Gasteiger partial charge on any atom is -0.508 e. The SMILES string of the molecule is CCn1c2ccc(C(=O)/C(=N\O)c3cc(C)ccc3C)cc2c2cc(C(O)c3ccc(O)cc3)ccc21. The van der Waals surface area contributed by atoms with Gasteiger partial charge < -0.3 is 20.0 Å². The zero-order valence-electron chi connectivity index (χ0n) is 20.9. The number of carbonyl (C=O) groups is 1. The standard InChI is InChI=1S/C31H28N2O4/c1-4-33-27-13-9-21(30(35)20-7-11-23(34)12-8-20)16-25(27)26-17-22(10-14-28(26)33)31(36)29(32-37)24-15-18(2)5-6-19(24)3/h5-17,30,34-35,37H,4H2,1-3H3/b32-29-. The number of ketones is 1. The van der Waals surface area contributed by atoms with Crippen molar-refractivity contribution in [3.8, 4) is 5.75 Å². The Labute approximate surface area is 214 Å². The second-order valence-electron chi connectivity index (χ2n) is 9.34. The van der Waals surface area contributed by atoms with E-state index >= 15 is 0 Å². The van der Waals surface area contributed by atoms with E-state index < -0.39 is 6.10 Å². The monoisotopic (exact) mass is 492 g/mol. The van der Waals surface area contributed by atoms with Crippen molar-refractivity contribution in [3.05, 3.63) is 112 Å². The number of phenols is 1. The summed E-state index contributed by atoms with van der Waals surface area (Å²) in [6, 6.07) is 23.5. The summed E-state index contributed by atoms with van der Waals surface area (Å²) in [6.45, 7) is 6.61. The van der Waals surface area contributed by atoms with Crippen LogP contribution >= 0.6 is 0 Å². The van der Waals surface area contributed by atoms with Crippen molar-refractivity contribution in [2.45, 2.75) is 33.4 Å². The van der Waals surface area contributed by atoms with E-state index in [1.807, 2.05) is 62.4 Å². The van der Waals surface area contributed by atoms with Crippen LogP contribution < -0.4 is 0 Å². The van der Waals surface area contributed by atoms with Gasteiger partial charge in [-0.1, -0.05) is 41.1 Å². The third-order valence-electron chi connectivity index (χ3n) is 6.96. The van der Waals surface area contributed by atoms with Gasteiger partial charge in [0.15, 0.2) is 5.71 Å². The predicted octanol–water partition coefficient (Wildman–Crippen LogP) is 6.28. The van der Waals surface area contributed by atoms with Crippen LogP contribution in [0.15, 0.2) is 84.0 Å². The highest BCUT2D eigenvalue weighted by Crippen LogP contribution is 2.34. The Morgan fingerprint density at radius 2 is 1.51 bits per heavy atom. The molecule has 0 spiro atoms. The largest absolute Gasteiger partial charge is 0.508 e. The number of rotatable bonds is 6. The number of aliphatic hydroxyl groups excluding tert-OH is 1. The van der Waals surface area contributed by atoms with Crippen molar-refractivity contribution in [3.63, 3.8) is 0 Å². The molecular weight excluding hydrogens is 464 g/mol. The van der Waals surface area contributed by atoms with Gasteiger partial charge >= 0.3 is 0 Å². The van der Waals surface area contributed by atoms with Crippen LogP contribution in [0.1, 0.15) is 51.2 Å². The fourth-order valence-corrected chi connectivity index (χ4v) is 4.97. The number of aromatic nitrogens is 1. The van der Waals surface area contributed by atoms with Crippen LogP contribution in [0.5, 0.6) is 5.75 Å². The van der Waals surface area contributed by atoms with Crippen molar-refractivity contribution >= 4 is 33.3 Å². The lowest BCUT2D eigenvalue weighted by Gasteiger charge is -2.12. The highest BCUT2D eigenvalue weighted by atomic mass is 16.4. The first kappa shape index (κ1) is 24.3. The number of oxime groups is 1. The lowest BCUT2D eigenvalue weighted by molar-refractivity contribution is 0.106. The number of phenolic OH excluding ortho intramolecular Hbond substituents is 1. The average molecular weight is 493 g/mol. The Bertz CT molecular complexity index is 1680. The first-order valence-electron chi connectivity index (χ1n) is 12.2. The molecule has 0 amide bonds. The maximum atomic E-state index is 13.5. The van der Waals surface area contributed by atoms with Crippen LogP contribution in [0.3, 0.4) is 0 Å². The Morgan fingerprint density at radius 1 is 0.865 bits per heavy atom. The average Bonchev–Trinajstić information content (AvgIpc) is 3.23. The topological polar surface area (TPSA) is 95.1 Å². The molecule has 37 heavy (non-hydrogen) atoms. The number of carbonyl (C=O) groups excluding carboxylic acids is 1. The summed E-state index contributed by atoms with van der Waals surface area (Å²) in [5.41, 5.74) is 6.18. The van der Waals surface area contributed by atoms with Crippen LogP contribution in [0.4, 0.5) is 0 Å². The van der Waals surface area contributed by atoms with Crippen LogP contribution in [0.2, 0.25) is 0 Å². The van der Waals surface area contributed by atoms with E-state index in [4.69, 9.17) is 0 Å². The molecule has 0 bridgehead atoms. The zero-order valence-corrected chi connectivity index (χ0v) is 20.9. The van der Waals surface area contributed by atoms with E-state index in [9.17, 15) is 20.2 Å². The van der Waals surface area contributed by atoms with Gasteiger partial charge in [-0.15, -0.1) is 0 Å². The van der Waals surface area contributed by atoms with E-state index in [2.05, 4.69) is 16.6 Å². The number of aryl methyl sites for hydroxylation is 3. The molecule has 0 saturated heterocycles. The van der Waals surface area contributed by atoms with Gasteiger partial charge in [-0.3, -0.25) is 4.79 Å². The summed E-state index contributed by atoms with van der Waals surface area (Å²) in [7, 11) is 0. The first-order chi connectivity index (χ1) is 17.8. The summed E-state index contributed by atoms with van der Waals surface area (Å²) in [5, 5.41) is 35.6. The zero-order chi connectivity index (χ0) is 26.3. The molecule has 1 heterocycles. The summed E-state index contributed by atoms with van der Waals surface area (Å²) >= 11 is 0. The number of hydrogen-bond donors (Lipinski definition) is 3. The number of hydrogen-bond acceptors (Lipinski definition) is 5. The van der Waals surface area contributed by atoms with Crippen LogP contribution in [0, 0.1) is 13.8 Å². The Kier molecular flexibility index (Phi) is 6.27. The molecule has 6 heteroatoms. The van der Waals surface area contributed by atoms with Crippen LogP contribution in [-0.2, 0) is 6.54 Å². The maximum Gasteiger partial charge on any atom is 0.215 e. The molecular formula is C31H28N2O4. The summed E-state index contributed by atoms with van der Waals surface area (Å²) < 4.78 is 2.17. The quantitative estimate of drug-likeness (QED) is 0.113. The number of nitrogens with zero attached hydrogens (tertiary/aromatic N) is 2. The minimum atomic E-state index is -0.868. The van der Waals surface area contributed by atoms with Gasteiger partial charge in [0, 0.05) is 39.5 Å². The van der Waals surface area contributed by atoms with Gasteiger partial charge in [-0.2, -0.15) is 0 Å². The second-order valence-corrected chi connectivity index (χ2v) is 9.34. The highest BCUT2D eigenvalue weighted by Gasteiger charge is 2.21. The molecule has 0 aliphatic carbocycles. The molecule has 3 N–H and O–H groups in total. The third kappa shape index (κ3) is 4.26. The number of benzene rings is 4. The molecule has 6 nitrogen and oxygen atoms in total. The molecule has 1 unspecified atom stereocenters. The molecule has 1 atom stereocenters. The van der Waals surface area contributed by atoms with Gasteiger partial charge in [-0.25, -0.2) is 0 Å². The predicted molar refractivity (Wildman–Crippen MR) is 146 cm³/mol. The summed E-state index contributed by atoms with van der Waals surface area (Å²) in [4.78, 5) is 13.5. The van der Waals surface area contributed by atoms with Gasteiger partial charge in [-0.05, 0) is 86.0 Å². The molecule has 186 valence electrons. The van der Waals surface area contributed by atoms with E-state index in [1.54, 1.807) is 30.3 Å². The molecule has 0 aliphatic heterocycles. The van der Waals surface area contributed by atoms with Crippen molar-refractivity contribution < 1.29 is 20.2 Å². The summed E-state index contributed by atoms with van der Waals surface area (Å²) in [6.07, 6.45) is -0.868. The first-order valence-corrected chi connectivity index (χ1v) is 12.2. The summed E-state index contributed by atoms with van der Waals surface area (Å²) in [5.74, 6) is -0.225. The van der Waals surface area contributed by atoms with Crippen molar-refractivity contribution in [1.82, 2.24) is 4.57 Å². The van der Waals surface area contributed by atoms with Gasteiger partial charge in [0.1, 0.15) is 11.9 Å². The maximum absolute atomic E-state index is 13.5. The van der Waals surface area contributed by atoms with E-state index in [1.165, 1.54) is 0 Å². The molecule has 4 aromatic carbocycles. The van der Waals surface area contributed by atoms with E-state index in [0.29, 0.717) is 22.3 Å². The Balaban J connectivity index is 1.63. The lowest BCUT2D eigenvalue weighted by Crippen LogP contribution is -2.17. The third-order valence-corrected chi connectivity index (χ3v) is 6.96.